The highest BCUT2D eigenvalue weighted by Gasteiger charge is 2.31. The molecule has 1 saturated heterocycles. The number of ether oxygens (including phenoxy) is 1. The molecule has 6 heteroatoms. The van der Waals surface area contributed by atoms with Gasteiger partial charge in [-0.15, -0.1) is 0 Å². The maximum atomic E-state index is 12.4. The van der Waals surface area contributed by atoms with E-state index in [4.69, 9.17) is 4.74 Å². The van der Waals surface area contributed by atoms with E-state index >= 15 is 0 Å². The summed E-state index contributed by atoms with van der Waals surface area (Å²) >= 11 is 1.60. The topological polar surface area (TPSA) is 49.9 Å². The molecule has 1 aromatic rings. The number of thiophene rings is 1. The molecule has 1 aliphatic rings. The number of hydrogen-bond donors (Lipinski definition) is 0. The monoisotopic (exact) mass is 352 g/mol. The van der Waals surface area contributed by atoms with Gasteiger partial charge >= 0.3 is 6.09 Å². The minimum atomic E-state index is -0.500. The van der Waals surface area contributed by atoms with Crippen LogP contribution in [0.4, 0.5) is 4.79 Å². The number of rotatable bonds is 4. The summed E-state index contributed by atoms with van der Waals surface area (Å²) in [6.45, 7) is 6.88. The van der Waals surface area contributed by atoms with Gasteiger partial charge in [0, 0.05) is 20.1 Å². The number of carbonyl (C=O) groups is 2. The normalized spacial score (nSPS) is 18.3. The van der Waals surface area contributed by atoms with Crippen molar-refractivity contribution in [3.05, 3.63) is 22.4 Å². The fraction of sp³-hybridized carbons (Fsp3) is 0.667. The lowest BCUT2D eigenvalue weighted by molar-refractivity contribution is -0.130. The van der Waals surface area contributed by atoms with Gasteiger partial charge in [0.05, 0.1) is 12.5 Å². The summed E-state index contributed by atoms with van der Waals surface area (Å²) in [7, 11) is 1.82. The van der Waals surface area contributed by atoms with Gasteiger partial charge < -0.3 is 14.5 Å². The molecule has 0 aromatic carbocycles. The quantitative estimate of drug-likeness (QED) is 0.833. The number of piperidine rings is 1. The van der Waals surface area contributed by atoms with Gasteiger partial charge in [0.15, 0.2) is 0 Å². The molecule has 2 amide bonds. The van der Waals surface area contributed by atoms with E-state index in [-0.39, 0.29) is 18.0 Å². The molecular weight excluding hydrogens is 324 g/mol. The van der Waals surface area contributed by atoms with E-state index in [0.717, 1.165) is 24.8 Å². The minimum Gasteiger partial charge on any atom is -0.444 e. The van der Waals surface area contributed by atoms with Crippen LogP contribution in [0.15, 0.2) is 16.8 Å². The Morgan fingerprint density at radius 1 is 1.38 bits per heavy atom. The van der Waals surface area contributed by atoms with Crippen LogP contribution in [0, 0.1) is 0 Å². The van der Waals surface area contributed by atoms with Crippen LogP contribution in [0.2, 0.25) is 0 Å². The van der Waals surface area contributed by atoms with Gasteiger partial charge in [-0.2, -0.15) is 11.3 Å². The molecule has 0 N–H and O–H groups in total. The molecular formula is C18H28N2O3S. The SMILES string of the molecule is CN(C[C@H]1CCCCN1C(=O)OC(C)(C)C)C(=O)Cc1ccsc1. The highest BCUT2D eigenvalue weighted by atomic mass is 32.1. The molecule has 0 aliphatic carbocycles. The van der Waals surface area contributed by atoms with Crippen molar-refractivity contribution in [3.63, 3.8) is 0 Å². The van der Waals surface area contributed by atoms with Crippen molar-refractivity contribution >= 4 is 23.3 Å². The number of carbonyl (C=O) groups excluding carboxylic acids is 2. The molecule has 0 spiro atoms. The van der Waals surface area contributed by atoms with Gasteiger partial charge in [-0.25, -0.2) is 4.79 Å². The van der Waals surface area contributed by atoms with Crippen LogP contribution in [-0.4, -0.2) is 53.6 Å². The van der Waals surface area contributed by atoms with Gasteiger partial charge in [0.25, 0.3) is 0 Å². The molecule has 134 valence electrons. The predicted molar refractivity (Wildman–Crippen MR) is 96.2 cm³/mol. The number of nitrogens with zero attached hydrogens (tertiary/aromatic N) is 2. The first-order chi connectivity index (χ1) is 11.3. The third-order valence-electron chi connectivity index (χ3n) is 4.10. The fourth-order valence-electron chi connectivity index (χ4n) is 2.87. The average Bonchev–Trinajstić information content (AvgIpc) is 2.98. The van der Waals surface area contributed by atoms with Crippen molar-refractivity contribution in [1.29, 1.82) is 0 Å². The molecule has 0 saturated carbocycles. The smallest absolute Gasteiger partial charge is 0.410 e. The molecule has 2 heterocycles. The number of hydrogen-bond acceptors (Lipinski definition) is 4. The van der Waals surface area contributed by atoms with Crippen LogP contribution in [0.5, 0.6) is 0 Å². The van der Waals surface area contributed by atoms with E-state index in [0.29, 0.717) is 19.5 Å². The second-order valence-electron chi connectivity index (χ2n) is 7.41. The zero-order chi connectivity index (χ0) is 17.7. The number of likely N-dealkylation sites (tertiary alicyclic amines) is 1. The van der Waals surface area contributed by atoms with E-state index in [2.05, 4.69) is 0 Å². The summed E-state index contributed by atoms with van der Waals surface area (Å²) in [5, 5.41) is 3.98. The Morgan fingerprint density at radius 3 is 2.75 bits per heavy atom. The summed E-state index contributed by atoms with van der Waals surface area (Å²) in [4.78, 5) is 28.4. The van der Waals surface area contributed by atoms with E-state index in [9.17, 15) is 9.59 Å². The zero-order valence-electron chi connectivity index (χ0n) is 15.1. The third-order valence-corrected chi connectivity index (χ3v) is 4.83. The van der Waals surface area contributed by atoms with Crippen LogP contribution >= 0.6 is 11.3 Å². The molecule has 2 rings (SSSR count). The van der Waals surface area contributed by atoms with Crippen molar-refractivity contribution in [2.45, 2.75) is 58.1 Å². The van der Waals surface area contributed by atoms with Crippen LogP contribution < -0.4 is 0 Å². The summed E-state index contributed by atoms with van der Waals surface area (Å²) in [6.07, 6.45) is 3.12. The third kappa shape index (κ3) is 5.51. The molecule has 1 atom stereocenters. The minimum absolute atomic E-state index is 0.0324. The highest BCUT2D eigenvalue weighted by Crippen LogP contribution is 2.21. The van der Waals surface area contributed by atoms with Crippen molar-refractivity contribution in [1.82, 2.24) is 9.80 Å². The predicted octanol–water partition coefficient (Wildman–Crippen LogP) is 3.54. The summed E-state index contributed by atoms with van der Waals surface area (Å²) in [5.74, 6) is 0.0862. The van der Waals surface area contributed by atoms with Gasteiger partial charge in [-0.3, -0.25) is 4.79 Å². The first-order valence-corrected chi connectivity index (χ1v) is 9.45. The van der Waals surface area contributed by atoms with Crippen LogP contribution in [-0.2, 0) is 16.0 Å². The van der Waals surface area contributed by atoms with Crippen molar-refractivity contribution in [2.75, 3.05) is 20.1 Å². The van der Waals surface area contributed by atoms with E-state index in [1.165, 1.54) is 0 Å². The van der Waals surface area contributed by atoms with Gasteiger partial charge in [-0.1, -0.05) is 0 Å². The number of likely N-dealkylation sites (N-methyl/N-ethyl adjacent to an activating group) is 1. The molecule has 0 unspecified atom stereocenters. The maximum absolute atomic E-state index is 12.4. The van der Waals surface area contributed by atoms with Crippen molar-refractivity contribution in [2.24, 2.45) is 0 Å². The molecule has 1 aliphatic heterocycles. The van der Waals surface area contributed by atoms with E-state index in [1.807, 2.05) is 44.6 Å². The van der Waals surface area contributed by atoms with Crippen molar-refractivity contribution in [3.8, 4) is 0 Å². The van der Waals surface area contributed by atoms with Gasteiger partial charge in [0.1, 0.15) is 5.60 Å². The lowest BCUT2D eigenvalue weighted by Gasteiger charge is -2.38. The fourth-order valence-corrected chi connectivity index (χ4v) is 3.54. The second kappa shape index (κ2) is 8.01. The Morgan fingerprint density at radius 2 is 2.12 bits per heavy atom. The lowest BCUT2D eigenvalue weighted by atomic mass is 10.0. The molecule has 1 fully saturated rings. The summed E-state index contributed by atoms with van der Waals surface area (Å²) in [5.41, 5.74) is 0.546. The standard InChI is InChI=1S/C18H28N2O3S/c1-18(2,3)23-17(22)20-9-6-5-7-15(20)12-19(4)16(21)11-14-8-10-24-13-14/h8,10,13,15H,5-7,9,11-12H2,1-4H3/t15-/m1/s1. The zero-order valence-corrected chi connectivity index (χ0v) is 15.9. The van der Waals surface area contributed by atoms with Crippen LogP contribution in [0.25, 0.3) is 0 Å². The Balaban J connectivity index is 1.94. The highest BCUT2D eigenvalue weighted by molar-refractivity contribution is 7.07. The lowest BCUT2D eigenvalue weighted by Crippen LogP contribution is -2.51. The Labute approximate surface area is 148 Å². The molecule has 0 radical (unpaired) electrons. The maximum Gasteiger partial charge on any atom is 0.410 e. The van der Waals surface area contributed by atoms with Gasteiger partial charge in [0.2, 0.25) is 5.91 Å². The van der Waals surface area contributed by atoms with Crippen LogP contribution in [0.1, 0.15) is 45.6 Å². The van der Waals surface area contributed by atoms with Gasteiger partial charge in [-0.05, 0) is 62.4 Å². The molecule has 0 bridgehead atoms. The first-order valence-electron chi connectivity index (χ1n) is 8.51. The summed E-state index contributed by atoms with van der Waals surface area (Å²) in [6, 6.07) is 2.01. The Bertz CT molecular complexity index is 551. The van der Waals surface area contributed by atoms with Crippen LogP contribution in [0.3, 0.4) is 0 Å². The summed E-state index contributed by atoms with van der Waals surface area (Å²) < 4.78 is 5.52. The van der Waals surface area contributed by atoms with E-state index in [1.54, 1.807) is 21.1 Å². The molecule has 5 nitrogen and oxygen atoms in total. The van der Waals surface area contributed by atoms with E-state index < -0.39 is 5.60 Å². The second-order valence-corrected chi connectivity index (χ2v) is 8.19. The van der Waals surface area contributed by atoms with Crippen molar-refractivity contribution < 1.29 is 14.3 Å². The average molecular weight is 353 g/mol. The molecule has 1 aromatic heterocycles. The Hall–Kier alpha value is -1.56. The number of amides is 2. The Kier molecular flexibility index (Phi) is 6.27. The first kappa shape index (κ1) is 18.8. The largest absolute Gasteiger partial charge is 0.444 e. The molecule has 24 heavy (non-hydrogen) atoms.